The summed E-state index contributed by atoms with van der Waals surface area (Å²) in [5, 5.41) is 0. The zero-order chi connectivity index (χ0) is 9.26. The molecule has 1 fully saturated rings. The fraction of sp³-hybridized carbons (Fsp3) is 0.700. The van der Waals surface area contributed by atoms with Crippen molar-refractivity contribution in [2.75, 3.05) is 0 Å². The van der Waals surface area contributed by atoms with E-state index in [0.29, 0.717) is 11.8 Å². The topological polar surface area (TPSA) is 26.0 Å². The van der Waals surface area contributed by atoms with Gasteiger partial charge in [-0.2, -0.15) is 0 Å². The number of rotatable bonds is 2. The van der Waals surface area contributed by atoms with Gasteiger partial charge in [0.25, 0.3) is 0 Å². The highest BCUT2D eigenvalue weighted by Gasteiger charge is 2.22. The molecule has 1 saturated carbocycles. The molecule has 3 heteroatoms. The van der Waals surface area contributed by atoms with Crippen LogP contribution >= 0.6 is 11.6 Å². The highest BCUT2D eigenvalue weighted by Crippen LogP contribution is 2.34. The first-order chi connectivity index (χ1) is 6.31. The zero-order valence-electron chi connectivity index (χ0n) is 7.85. The van der Waals surface area contributed by atoms with Crippen molar-refractivity contribution in [3.05, 3.63) is 17.3 Å². The second-order valence-electron chi connectivity index (χ2n) is 3.67. The Hall–Kier alpha value is -0.500. The molecule has 0 amide bonds. The van der Waals surface area contributed by atoms with E-state index in [1.807, 2.05) is 6.92 Å². The van der Waals surface area contributed by atoms with Crippen LogP contribution in [0.25, 0.3) is 0 Å². The second kappa shape index (κ2) is 3.70. The SMILES string of the molecule is Cc1oc(C2CCCC2)nc1CCl. The first-order valence-electron chi connectivity index (χ1n) is 4.83. The van der Waals surface area contributed by atoms with E-state index in [4.69, 9.17) is 16.0 Å². The van der Waals surface area contributed by atoms with E-state index in [-0.39, 0.29) is 0 Å². The van der Waals surface area contributed by atoms with Crippen LogP contribution in [0.5, 0.6) is 0 Å². The Balaban J connectivity index is 2.20. The fourth-order valence-electron chi connectivity index (χ4n) is 1.92. The van der Waals surface area contributed by atoms with Gasteiger partial charge in [-0.1, -0.05) is 12.8 Å². The summed E-state index contributed by atoms with van der Waals surface area (Å²) in [4.78, 5) is 4.41. The summed E-state index contributed by atoms with van der Waals surface area (Å²) >= 11 is 5.73. The van der Waals surface area contributed by atoms with Crippen molar-refractivity contribution in [3.63, 3.8) is 0 Å². The van der Waals surface area contributed by atoms with Crippen LogP contribution in [0, 0.1) is 6.92 Å². The molecule has 2 rings (SSSR count). The normalized spacial score (nSPS) is 18.3. The first-order valence-corrected chi connectivity index (χ1v) is 5.37. The second-order valence-corrected chi connectivity index (χ2v) is 3.94. The van der Waals surface area contributed by atoms with E-state index in [1.54, 1.807) is 0 Å². The maximum Gasteiger partial charge on any atom is 0.197 e. The van der Waals surface area contributed by atoms with Crippen LogP contribution in [0.1, 0.15) is 48.9 Å². The Morgan fingerprint density at radius 3 is 2.69 bits per heavy atom. The molecule has 0 saturated heterocycles. The number of oxazole rings is 1. The molecule has 0 radical (unpaired) electrons. The van der Waals surface area contributed by atoms with E-state index in [0.717, 1.165) is 17.3 Å². The van der Waals surface area contributed by atoms with Crippen LogP contribution in [0.3, 0.4) is 0 Å². The first kappa shape index (κ1) is 9.07. The van der Waals surface area contributed by atoms with Crippen LogP contribution < -0.4 is 0 Å². The summed E-state index contributed by atoms with van der Waals surface area (Å²) in [5.41, 5.74) is 0.906. The van der Waals surface area contributed by atoms with Crippen molar-refractivity contribution >= 4 is 11.6 Å². The van der Waals surface area contributed by atoms with Gasteiger partial charge in [-0.05, 0) is 19.8 Å². The molecular weight excluding hydrogens is 186 g/mol. The predicted molar refractivity (Wildman–Crippen MR) is 52.0 cm³/mol. The molecule has 1 aromatic rings. The van der Waals surface area contributed by atoms with Crippen molar-refractivity contribution in [1.82, 2.24) is 4.98 Å². The molecule has 0 bridgehead atoms. The number of hydrogen-bond acceptors (Lipinski definition) is 2. The number of aryl methyl sites for hydroxylation is 1. The number of hydrogen-bond donors (Lipinski definition) is 0. The summed E-state index contributed by atoms with van der Waals surface area (Å²) in [7, 11) is 0. The van der Waals surface area contributed by atoms with Crippen molar-refractivity contribution in [2.45, 2.75) is 44.4 Å². The van der Waals surface area contributed by atoms with Crippen molar-refractivity contribution in [3.8, 4) is 0 Å². The summed E-state index contributed by atoms with van der Waals surface area (Å²) in [6.45, 7) is 1.93. The molecule has 1 aromatic heterocycles. The van der Waals surface area contributed by atoms with Gasteiger partial charge in [0.05, 0.1) is 11.6 Å². The Morgan fingerprint density at radius 1 is 1.46 bits per heavy atom. The molecule has 0 spiro atoms. The molecular formula is C10H14ClNO. The standard InChI is InChI=1S/C10H14ClNO/c1-7-9(6-11)12-10(13-7)8-4-2-3-5-8/h8H,2-6H2,1H3. The predicted octanol–water partition coefficient (Wildman–Crippen LogP) is 3.38. The molecule has 0 unspecified atom stereocenters. The van der Waals surface area contributed by atoms with E-state index in [9.17, 15) is 0 Å². The van der Waals surface area contributed by atoms with Crippen LogP contribution in [-0.4, -0.2) is 4.98 Å². The monoisotopic (exact) mass is 199 g/mol. The van der Waals surface area contributed by atoms with Crippen molar-refractivity contribution in [2.24, 2.45) is 0 Å². The van der Waals surface area contributed by atoms with E-state index >= 15 is 0 Å². The third-order valence-electron chi connectivity index (χ3n) is 2.74. The minimum atomic E-state index is 0.460. The number of aromatic nitrogens is 1. The van der Waals surface area contributed by atoms with Gasteiger partial charge in [0.1, 0.15) is 5.76 Å². The van der Waals surface area contributed by atoms with Crippen LogP contribution in [0.4, 0.5) is 0 Å². The Morgan fingerprint density at radius 2 is 2.15 bits per heavy atom. The van der Waals surface area contributed by atoms with Crippen LogP contribution in [-0.2, 0) is 5.88 Å². The third kappa shape index (κ3) is 1.73. The van der Waals surface area contributed by atoms with Gasteiger partial charge >= 0.3 is 0 Å². The lowest BCUT2D eigenvalue weighted by atomic mass is 10.1. The van der Waals surface area contributed by atoms with Gasteiger partial charge in [0.2, 0.25) is 0 Å². The minimum absolute atomic E-state index is 0.460. The van der Waals surface area contributed by atoms with Crippen LogP contribution in [0.15, 0.2) is 4.42 Å². The molecule has 0 aromatic carbocycles. The molecule has 0 aliphatic heterocycles. The van der Waals surface area contributed by atoms with E-state index in [2.05, 4.69) is 4.98 Å². The molecule has 0 N–H and O–H groups in total. The average Bonchev–Trinajstić information content (AvgIpc) is 2.71. The number of nitrogens with zero attached hydrogens (tertiary/aromatic N) is 1. The number of halogens is 1. The van der Waals surface area contributed by atoms with Gasteiger partial charge in [0, 0.05) is 5.92 Å². The summed E-state index contributed by atoms with van der Waals surface area (Å²) < 4.78 is 5.59. The lowest BCUT2D eigenvalue weighted by Gasteiger charge is -2.00. The highest BCUT2D eigenvalue weighted by molar-refractivity contribution is 6.16. The molecule has 2 nitrogen and oxygen atoms in total. The van der Waals surface area contributed by atoms with Gasteiger partial charge < -0.3 is 4.42 Å². The van der Waals surface area contributed by atoms with E-state index in [1.165, 1.54) is 25.7 Å². The fourth-order valence-corrected chi connectivity index (χ4v) is 2.17. The Kier molecular flexibility index (Phi) is 2.58. The van der Waals surface area contributed by atoms with Gasteiger partial charge in [0.15, 0.2) is 5.89 Å². The smallest absolute Gasteiger partial charge is 0.197 e. The molecule has 1 aliphatic rings. The quantitative estimate of drug-likeness (QED) is 0.683. The molecule has 13 heavy (non-hydrogen) atoms. The highest BCUT2D eigenvalue weighted by atomic mass is 35.5. The maximum absolute atomic E-state index is 5.73. The Labute approximate surface area is 83.3 Å². The minimum Gasteiger partial charge on any atom is -0.445 e. The summed E-state index contributed by atoms with van der Waals surface area (Å²) in [6.07, 6.45) is 5.06. The summed E-state index contributed by atoms with van der Waals surface area (Å²) in [6, 6.07) is 0. The molecule has 72 valence electrons. The number of alkyl halides is 1. The van der Waals surface area contributed by atoms with Gasteiger partial charge in [-0.25, -0.2) is 4.98 Å². The van der Waals surface area contributed by atoms with Crippen molar-refractivity contribution < 1.29 is 4.42 Å². The molecule has 1 aliphatic carbocycles. The molecule has 1 heterocycles. The lowest BCUT2D eigenvalue weighted by molar-refractivity contribution is 0.430. The third-order valence-corrected chi connectivity index (χ3v) is 2.99. The largest absolute Gasteiger partial charge is 0.445 e. The van der Waals surface area contributed by atoms with Crippen LogP contribution in [0.2, 0.25) is 0 Å². The summed E-state index contributed by atoms with van der Waals surface area (Å²) in [5.74, 6) is 2.81. The van der Waals surface area contributed by atoms with Gasteiger partial charge in [-0.3, -0.25) is 0 Å². The van der Waals surface area contributed by atoms with Crippen molar-refractivity contribution in [1.29, 1.82) is 0 Å². The van der Waals surface area contributed by atoms with Gasteiger partial charge in [-0.15, -0.1) is 11.6 Å². The zero-order valence-corrected chi connectivity index (χ0v) is 8.60. The maximum atomic E-state index is 5.73. The average molecular weight is 200 g/mol. The lowest BCUT2D eigenvalue weighted by Crippen LogP contribution is -1.92. The molecule has 0 atom stereocenters. The Bertz CT molecular complexity index is 289. The van der Waals surface area contributed by atoms with E-state index < -0.39 is 0 Å².